The van der Waals surface area contributed by atoms with E-state index in [1.807, 2.05) is 84.9 Å². The predicted octanol–water partition coefficient (Wildman–Crippen LogP) is 6.16. The second-order valence-corrected chi connectivity index (χ2v) is 13.6. The van der Waals surface area contributed by atoms with E-state index in [1.165, 1.54) is 4.90 Å². The molecule has 1 atom stereocenters. The van der Waals surface area contributed by atoms with E-state index in [9.17, 15) is 14.4 Å². The summed E-state index contributed by atoms with van der Waals surface area (Å²) in [5, 5.41) is 19.1. The lowest BCUT2D eigenvalue weighted by Gasteiger charge is -2.38. The van der Waals surface area contributed by atoms with Crippen LogP contribution >= 0.6 is 0 Å². The van der Waals surface area contributed by atoms with Crippen LogP contribution in [-0.4, -0.2) is 59.8 Å². The molecule has 2 aliphatic rings. The molecule has 14 nitrogen and oxygen atoms in total. The Balaban J connectivity index is 0.990. The number of hydrogen-bond donors (Lipinski definition) is 1. The van der Waals surface area contributed by atoms with Crippen molar-refractivity contribution in [3.05, 3.63) is 143 Å². The van der Waals surface area contributed by atoms with Gasteiger partial charge in [-0.05, 0) is 90.9 Å². The number of imide groups is 1. The molecule has 2 aliphatic heterocycles. The molecule has 0 bridgehead atoms. The van der Waals surface area contributed by atoms with Gasteiger partial charge in [0.2, 0.25) is 0 Å². The predicted molar refractivity (Wildman–Crippen MR) is 197 cm³/mol. The van der Waals surface area contributed by atoms with E-state index < -0.39 is 17.5 Å². The second kappa shape index (κ2) is 12.6. The van der Waals surface area contributed by atoms with Crippen LogP contribution in [0.1, 0.15) is 32.6 Å². The van der Waals surface area contributed by atoms with E-state index in [-0.39, 0.29) is 32.1 Å². The van der Waals surface area contributed by atoms with Gasteiger partial charge in [0.05, 0.1) is 12.1 Å². The molecule has 5 heterocycles. The first-order chi connectivity index (χ1) is 26.9. The molecule has 0 unspecified atom stereocenters. The molecule has 0 aliphatic carbocycles. The highest BCUT2D eigenvalue weighted by Gasteiger charge is 2.56. The largest absolute Gasteiger partial charge is 0.489 e. The van der Waals surface area contributed by atoms with Crippen molar-refractivity contribution in [2.75, 3.05) is 6.54 Å². The molecule has 8 aromatic rings. The highest BCUT2D eigenvalue weighted by Crippen LogP contribution is 2.40. The minimum Gasteiger partial charge on any atom is -0.489 e. The zero-order valence-corrected chi connectivity index (χ0v) is 28.9. The van der Waals surface area contributed by atoms with Crippen molar-refractivity contribution in [2.45, 2.75) is 25.2 Å². The van der Waals surface area contributed by atoms with Crippen molar-refractivity contribution in [3.8, 4) is 16.9 Å². The van der Waals surface area contributed by atoms with Crippen molar-refractivity contribution in [3.63, 3.8) is 0 Å². The fraction of sp³-hybridized carbons (Fsp3) is 0.122. The van der Waals surface area contributed by atoms with Gasteiger partial charge in [-0.3, -0.25) is 24.8 Å². The van der Waals surface area contributed by atoms with Gasteiger partial charge in [0.25, 0.3) is 11.8 Å². The van der Waals surface area contributed by atoms with Crippen molar-refractivity contribution in [2.24, 2.45) is 0 Å². The molecular weight excluding hydrogens is 701 g/mol. The van der Waals surface area contributed by atoms with Gasteiger partial charge in [-0.15, -0.1) is 0 Å². The molecule has 0 radical (unpaired) electrons. The highest BCUT2D eigenvalue weighted by atomic mass is 16.6. The van der Waals surface area contributed by atoms with E-state index in [2.05, 4.69) is 30.9 Å². The number of carbonyl (C=O) groups is 3. The van der Waals surface area contributed by atoms with Crippen LogP contribution in [0.15, 0.2) is 125 Å². The van der Waals surface area contributed by atoms with Crippen LogP contribution in [-0.2, 0) is 30.0 Å². The van der Waals surface area contributed by atoms with Gasteiger partial charge < -0.3 is 9.64 Å². The first-order valence-corrected chi connectivity index (χ1v) is 17.5. The number of urea groups is 1. The molecule has 0 spiro atoms. The highest BCUT2D eigenvalue weighted by molar-refractivity contribution is 6.08. The summed E-state index contributed by atoms with van der Waals surface area (Å²) in [6, 6.07) is 33.0. The number of para-hydroxylation sites is 1. The molecular formula is C41H28N8O6. The Kier molecular flexibility index (Phi) is 7.37. The zero-order chi connectivity index (χ0) is 37.1. The Hall–Kier alpha value is -7.48. The number of carbonyl (C=O) groups excluding carboxylic acids is 3. The summed E-state index contributed by atoms with van der Waals surface area (Å²) in [6.07, 6.45) is 1.76. The maximum atomic E-state index is 14.3. The molecule has 0 saturated carbocycles. The van der Waals surface area contributed by atoms with Crippen molar-refractivity contribution in [1.29, 1.82) is 0 Å². The lowest BCUT2D eigenvalue weighted by atomic mass is 9.86. The molecule has 268 valence electrons. The van der Waals surface area contributed by atoms with Crippen molar-refractivity contribution in [1.82, 2.24) is 40.7 Å². The zero-order valence-electron chi connectivity index (χ0n) is 28.9. The van der Waals surface area contributed by atoms with Crippen LogP contribution in [0.2, 0.25) is 0 Å². The summed E-state index contributed by atoms with van der Waals surface area (Å²) >= 11 is 0. The number of nitrogens with one attached hydrogen (secondary N) is 1. The Bertz CT molecular complexity index is 2830. The van der Waals surface area contributed by atoms with Gasteiger partial charge in [-0.2, -0.15) is 0 Å². The molecule has 5 aromatic carbocycles. The number of pyridine rings is 1. The van der Waals surface area contributed by atoms with Gasteiger partial charge in [0.1, 0.15) is 34.4 Å². The molecule has 3 aromatic heterocycles. The Morgan fingerprint density at radius 3 is 2.25 bits per heavy atom. The quantitative estimate of drug-likeness (QED) is 0.169. The van der Waals surface area contributed by atoms with E-state index in [0.717, 1.165) is 33.2 Å². The van der Waals surface area contributed by atoms with E-state index >= 15 is 0 Å². The number of amides is 4. The lowest BCUT2D eigenvalue weighted by molar-refractivity contribution is -0.128. The first kappa shape index (κ1) is 32.2. The number of aromatic nitrogens is 5. The summed E-state index contributed by atoms with van der Waals surface area (Å²) < 4.78 is 15.8. The van der Waals surface area contributed by atoms with E-state index in [0.29, 0.717) is 44.5 Å². The van der Waals surface area contributed by atoms with Gasteiger partial charge in [-0.25, -0.2) is 14.1 Å². The fourth-order valence-corrected chi connectivity index (χ4v) is 7.60. The molecule has 14 heteroatoms. The third-order valence-electron chi connectivity index (χ3n) is 10.4. The molecule has 55 heavy (non-hydrogen) atoms. The van der Waals surface area contributed by atoms with Crippen LogP contribution in [0.3, 0.4) is 0 Å². The third kappa shape index (κ3) is 5.41. The number of hydrogen-bond acceptors (Lipinski definition) is 11. The number of benzene rings is 5. The average Bonchev–Trinajstić information content (AvgIpc) is 4.00. The third-order valence-corrected chi connectivity index (χ3v) is 10.4. The maximum absolute atomic E-state index is 14.3. The van der Waals surface area contributed by atoms with Crippen LogP contribution in [0.4, 0.5) is 4.79 Å². The number of rotatable bonds is 9. The smallest absolute Gasteiger partial charge is 0.325 e. The topological polar surface area (TPSA) is 170 Å². The first-order valence-electron chi connectivity index (χ1n) is 17.5. The van der Waals surface area contributed by atoms with Crippen LogP contribution in [0.25, 0.3) is 44.1 Å². The molecule has 1 N–H and O–H groups in total. The number of nitrogens with zero attached hydrogens (tertiary/aromatic N) is 7. The summed E-state index contributed by atoms with van der Waals surface area (Å²) in [6.45, 7) is 0.403. The fourth-order valence-electron chi connectivity index (χ4n) is 7.60. The monoisotopic (exact) mass is 728 g/mol. The van der Waals surface area contributed by atoms with E-state index in [4.69, 9.17) is 14.0 Å². The van der Waals surface area contributed by atoms with Crippen molar-refractivity contribution >= 4 is 50.8 Å². The Labute approximate surface area is 311 Å². The van der Waals surface area contributed by atoms with Gasteiger partial charge in [0.15, 0.2) is 5.54 Å². The van der Waals surface area contributed by atoms with Gasteiger partial charge in [-0.1, -0.05) is 66.7 Å². The Morgan fingerprint density at radius 2 is 1.45 bits per heavy atom. The molecule has 1 fully saturated rings. The number of ether oxygens (including phenoxy) is 1. The molecule has 10 rings (SSSR count). The summed E-state index contributed by atoms with van der Waals surface area (Å²) in [4.78, 5) is 50.0. The standard InChI is InChI=1S/C41H28N8O6/c50-38-32-19-30(53-22-25-7-15-34-36(18-25)47-55-45-34)13-10-28(32)21-48(38)23-41(29-11-8-26(9-12-29)31-5-1-3-27-4-2-16-42-37(27)31)39(51)43-40(52)49(41)20-24-6-14-33-35(17-24)46-54-44-33/h1-19H,20-23H2,(H,43,51,52)/t41-/m0/s1. The van der Waals surface area contributed by atoms with Gasteiger partial charge >= 0.3 is 6.03 Å². The van der Waals surface area contributed by atoms with Crippen LogP contribution in [0, 0.1) is 0 Å². The molecule has 4 amide bonds. The summed E-state index contributed by atoms with van der Waals surface area (Å²) in [5.41, 5.74) is 6.76. The lowest BCUT2D eigenvalue weighted by Crippen LogP contribution is -2.54. The van der Waals surface area contributed by atoms with E-state index in [1.54, 1.807) is 35.4 Å². The van der Waals surface area contributed by atoms with Crippen LogP contribution in [0.5, 0.6) is 5.75 Å². The SMILES string of the molecule is O=C1c2cc(OCc3ccc4nonc4c3)ccc2CN1C[C@]1(c2ccc(-c3cccc4cccnc34)cc2)C(=O)NC(=O)N1Cc1ccc2nonc2c1. The minimum atomic E-state index is -1.59. The molecule has 1 saturated heterocycles. The Morgan fingerprint density at radius 1 is 0.727 bits per heavy atom. The minimum absolute atomic E-state index is 0.0402. The van der Waals surface area contributed by atoms with Crippen molar-refractivity contribution < 1.29 is 28.4 Å². The normalized spacial score (nSPS) is 16.8. The summed E-state index contributed by atoms with van der Waals surface area (Å²) in [5.74, 6) is -0.308. The maximum Gasteiger partial charge on any atom is 0.325 e. The number of fused-ring (bicyclic) bond motifs is 4. The van der Waals surface area contributed by atoms with Crippen LogP contribution < -0.4 is 10.1 Å². The average molecular weight is 729 g/mol. The summed E-state index contributed by atoms with van der Waals surface area (Å²) in [7, 11) is 0. The van der Waals surface area contributed by atoms with Gasteiger partial charge in [0, 0.05) is 35.8 Å². The second-order valence-electron chi connectivity index (χ2n) is 13.6.